The summed E-state index contributed by atoms with van der Waals surface area (Å²) in [7, 11) is 0. The van der Waals surface area contributed by atoms with Gasteiger partial charge in [-0.05, 0) is 43.7 Å². The highest BCUT2D eigenvalue weighted by molar-refractivity contribution is 6.01. The fourth-order valence-electron chi connectivity index (χ4n) is 4.00. The number of aryl methyl sites for hydroxylation is 1. The van der Waals surface area contributed by atoms with Gasteiger partial charge < -0.3 is 9.88 Å². The van der Waals surface area contributed by atoms with Crippen molar-refractivity contribution in [3.05, 3.63) is 99.2 Å². The van der Waals surface area contributed by atoms with E-state index in [2.05, 4.69) is 15.3 Å². The van der Waals surface area contributed by atoms with Crippen molar-refractivity contribution in [2.75, 3.05) is 0 Å². The molecular weight excluding hydrogens is 424 g/mol. The van der Waals surface area contributed by atoms with E-state index < -0.39 is 35.2 Å². The summed E-state index contributed by atoms with van der Waals surface area (Å²) in [4.78, 5) is 20.5. The Morgan fingerprint density at radius 1 is 1.12 bits per heavy atom. The number of hydrogen-bond donors (Lipinski definition) is 1. The van der Waals surface area contributed by atoms with E-state index >= 15 is 0 Å². The van der Waals surface area contributed by atoms with Crippen molar-refractivity contribution in [3.8, 4) is 0 Å². The molecule has 0 amide bonds. The Bertz CT molecular complexity index is 1220. The fourth-order valence-corrected chi connectivity index (χ4v) is 4.00. The molecule has 1 aromatic carbocycles. The van der Waals surface area contributed by atoms with Gasteiger partial charge in [-0.2, -0.15) is 0 Å². The van der Waals surface area contributed by atoms with Gasteiger partial charge in [0, 0.05) is 30.1 Å². The zero-order valence-corrected chi connectivity index (χ0v) is 17.3. The molecule has 1 N–H and O–H groups in total. The zero-order chi connectivity index (χ0) is 23.0. The van der Waals surface area contributed by atoms with Crippen LogP contribution >= 0.6 is 0 Å². The number of nitrogens with zero attached hydrogens (tertiary/aromatic N) is 3. The second-order valence-electron chi connectivity index (χ2n) is 7.53. The smallest absolute Gasteiger partial charge is 0.286 e. The molecule has 1 aliphatic rings. The first kappa shape index (κ1) is 21.7. The first-order valence-corrected chi connectivity index (χ1v) is 10.0. The van der Waals surface area contributed by atoms with Gasteiger partial charge >= 0.3 is 0 Å². The third-order valence-corrected chi connectivity index (χ3v) is 5.69. The Hall–Kier alpha value is -3.49. The minimum Gasteiger partial charge on any atom is -0.354 e. The number of nitrogens with one attached hydrogen (secondary N) is 1. The molecule has 3 heterocycles. The van der Waals surface area contributed by atoms with Crippen molar-refractivity contribution in [1.29, 1.82) is 0 Å². The first-order valence-electron chi connectivity index (χ1n) is 10.0. The molecule has 5 nitrogen and oxygen atoms in total. The van der Waals surface area contributed by atoms with Gasteiger partial charge in [0.05, 0.1) is 6.04 Å². The predicted octanol–water partition coefficient (Wildman–Crippen LogP) is 4.16. The molecule has 0 saturated heterocycles. The number of benzene rings is 1. The molecule has 0 unspecified atom stereocenters. The highest BCUT2D eigenvalue weighted by Crippen LogP contribution is 2.39. The summed E-state index contributed by atoms with van der Waals surface area (Å²) in [5.74, 6) is -1.02. The second-order valence-corrected chi connectivity index (χ2v) is 7.53. The SMILES string of the molecule is CCn1cc(C2=N[C@@H](C)[C@@](c3ccc(F)cc3)(c3ccc(C(F)F)nc3)N2)cc(F)c1=O. The summed E-state index contributed by atoms with van der Waals surface area (Å²) in [6.07, 6.45) is 0.119. The molecule has 32 heavy (non-hydrogen) atoms. The molecule has 1 aliphatic heterocycles. The number of amidine groups is 1. The van der Waals surface area contributed by atoms with Crippen LogP contribution in [0.4, 0.5) is 17.6 Å². The molecular formula is C23H20F4N4O. The normalized spacial score (nSPS) is 20.3. The zero-order valence-electron chi connectivity index (χ0n) is 17.3. The Balaban J connectivity index is 1.84. The quantitative estimate of drug-likeness (QED) is 0.602. The molecule has 2 atom stereocenters. The molecule has 0 aliphatic carbocycles. The van der Waals surface area contributed by atoms with Gasteiger partial charge in [-0.15, -0.1) is 0 Å². The Kier molecular flexibility index (Phi) is 5.58. The molecule has 0 saturated carbocycles. The summed E-state index contributed by atoms with van der Waals surface area (Å²) in [6.45, 7) is 3.79. The van der Waals surface area contributed by atoms with E-state index in [4.69, 9.17) is 0 Å². The molecule has 3 aromatic rings. The second kappa shape index (κ2) is 8.22. The van der Waals surface area contributed by atoms with Gasteiger partial charge in [0.2, 0.25) is 0 Å². The highest BCUT2D eigenvalue weighted by Gasteiger charge is 2.45. The van der Waals surface area contributed by atoms with Crippen LogP contribution in [0.3, 0.4) is 0 Å². The largest absolute Gasteiger partial charge is 0.354 e. The van der Waals surface area contributed by atoms with E-state index in [1.54, 1.807) is 26.0 Å². The maximum absolute atomic E-state index is 14.2. The van der Waals surface area contributed by atoms with Crippen LogP contribution in [0.2, 0.25) is 0 Å². The predicted molar refractivity (Wildman–Crippen MR) is 112 cm³/mol. The minimum atomic E-state index is -2.72. The van der Waals surface area contributed by atoms with Crippen molar-refractivity contribution in [2.45, 2.75) is 38.4 Å². The van der Waals surface area contributed by atoms with Crippen molar-refractivity contribution < 1.29 is 17.6 Å². The Morgan fingerprint density at radius 3 is 2.41 bits per heavy atom. The van der Waals surface area contributed by atoms with Gasteiger partial charge in [0.25, 0.3) is 12.0 Å². The monoisotopic (exact) mass is 444 g/mol. The standard InChI is InChI=1S/C23H20F4N4O/c1-3-31-12-14(10-18(25)22(31)32)21-29-13(2)23(30-21,15-4-7-17(24)8-5-15)16-6-9-19(20(26)27)28-11-16/h4-13,20H,3H2,1-2H3,(H,29,30)/t13-,23+/m0/s1. The number of alkyl halides is 2. The lowest BCUT2D eigenvalue weighted by Crippen LogP contribution is -2.48. The molecule has 0 spiro atoms. The molecule has 0 radical (unpaired) electrons. The van der Waals surface area contributed by atoms with E-state index in [1.807, 2.05) is 0 Å². The summed E-state index contributed by atoms with van der Waals surface area (Å²) >= 11 is 0. The number of aromatic nitrogens is 2. The minimum absolute atomic E-state index is 0.272. The van der Waals surface area contributed by atoms with E-state index in [0.717, 1.165) is 6.07 Å². The van der Waals surface area contributed by atoms with E-state index in [-0.39, 0.29) is 12.2 Å². The van der Waals surface area contributed by atoms with Crippen LogP contribution in [0, 0.1) is 11.6 Å². The number of aliphatic imine (C=N–C) groups is 1. The van der Waals surface area contributed by atoms with Crippen LogP contribution in [0.1, 0.15) is 42.7 Å². The average Bonchev–Trinajstić information content (AvgIpc) is 3.14. The number of halogens is 4. The average molecular weight is 444 g/mol. The van der Waals surface area contributed by atoms with Crippen LogP contribution in [0.5, 0.6) is 0 Å². The molecule has 9 heteroatoms. The topological polar surface area (TPSA) is 59.3 Å². The fraction of sp³-hybridized carbons (Fsp3) is 0.261. The molecule has 2 aromatic heterocycles. The van der Waals surface area contributed by atoms with Gasteiger partial charge in [-0.1, -0.05) is 18.2 Å². The Morgan fingerprint density at radius 2 is 1.81 bits per heavy atom. The lowest BCUT2D eigenvalue weighted by Gasteiger charge is -2.35. The van der Waals surface area contributed by atoms with Gasteiger partial charge in [-0.3, -0.25) is 14.8 Å². The lowest BCUT2D eigenvalue weighted by molar-refractivity contribution is 0.146. The third-order valence-electron chi connectivity index (χ3n) is 5.69. The van der Waals surface area contributed by atoms with Crippen molar-refractivity contribution in [1.82, 2.24) is 14.9 Å². The van der Waals surface area contributed by atoms with Crippen LogP contribution in [0.15, 0.2) is 64.6 Å². The number of pyridine rings is 2. The molecule has 0 bridgehead atoms. The molecule has 4 rings (SSSR count). The summed E-state index contributed by atoms with van der Waals surface area (Å²) in [6, 6.07) is 9.10. The summed E-state index contributed by atoms with van der Waals surface area (Å²) in [5.41, 5.74) is -0.659. The van der Waals surface area contributed by atoms with Gasteiger partial charge in [0.1, 0.15) is 22.9 Å². The maximum atomic E-state index is 14.2. The van der Waals surface area contributed by atoms with Crippen molar-refractivity contribution in [3.63, 3.8) is 0 Å². The van der Waals surface area contributed by atoms with Gasteiger partial charge in [-0.25, -0.2) is 17.6 Å². The number of rotatable bonds is 5. The Labute approximate surface area is 181 Å². The molecule has 0 fully saturated rings. The highest BCUT2D eigenvalue weighted by atomic mass is 19.3. The maximum Gasteiger partial charge on any atom is 0.286 e. The van der Waals surface area contributed by atoms with Crippen LogP contribution < -0.4 is 10.9 Å². The van der Waals surface area contributed by atoms with E-state index in [1.165, 1.54) is 41.2 Å². The van der Waals surface area contributed by atoms with E-state index in [9.17, 15) is 22.4 Å². The van der Waals surface area contributed by atoms with Crippen LogP contribution in [-0.4, -0.2) is 21.4 Å². The van der Waals surface area contributed by atoms with Crippen molar-refractivity contribution >= 4 is 5.84 Å². The van der Waals surface area contributed by atoms with Crippen molar-refractivity contribution in [2.24, 2.45) is 4.99 Å². The van der Waals surface area contributed by atoms with Crippen LogP contribution in [-0.2, 0) is 12.1 Å². The third kappa shape index (κ3) is 3.57. The number of hydrogen-bond acceptors (Lipinski definition) is 4. The summed E-state index contributed by atoms with van der Waals surface area (Å²) in [5, 5.41) is 3.29. The molecule has 166 valence electrons. The van der Waals surface area contributed by atoms with Gasteiger partial charge in [0.15, 0.2) is 5.82 Å². The first-order chi connectivity index (χ1) is 15.3. The van der Waals surface area contributed by atoms with Crippen LogP contribution in [0.25, 0.3) is 0 Å². The lowest BCUT2D eigenvalue weighted by atomic mass is 9.79. The van der Waals surface area contributed by atoms with E-state index in [0.29, 0.717) is 22.5 Å². The summed E-state index contributed by atoms with van der Waals surface area (Å²) < 4.78 is 55.2.